The third kappa shape index (κ3) is 7.26. The molecule has 3 aromatic rings. The van der Waals surface area contributed by atoms with E-state index in [9.17, 15) is 24.3 Å². The lowest BCUT2D eigenvalue weighted by Gasteiger charge is -2.44. The molecule has 1 saturated heterocycles. The minimum absolute atomic E-state index is 0.0754. The van der Waals surface area contributed by atoms with Gasteiger partial charge in [-0.2, -0.15) is 0 Å². The molecule has 1 heterocycles. The topological polar surface area (TPSA) is 125 Å². The molecule has 2 aliphatic rings. The molecular formula is C36H41N3O6. The number of rotatable bonds is 8. The van der Waals surface area contributed by atoms with Gasteiger partial charge in [-0.05, 0) is 81.0 Å². The number of ketones is 1. The van der Waals surface area contributed by atoms with E-state index in [0.29, 0.717) is 22.7 Å². The van der Waals surface area contributed by atoms with Crippen LogP contribution in [0.4, 0.5) is 11.4 Å². The minimum Gasteiger partial charge on any atom is -0.484 e. The van der Waals surface area contributed by atoms with Crippen molar-refractivity contribution in [3.05, 3.63) is 89.5 Å². The summed E-state index contributed by atoms with van der Waals surface area (Å²) in [4.78, 5) is 56.0. The summed E-state index contributed by atoms with van der Waals surface area (Å²) in [6, 6.07) is 21.3. The van der Waals surface area contributed by atoms with Crippen LogP contribution >= 0.6 is 0 Å². The molecule has 3 aromatic carbocycles. The molecule has 4 unspecified atom stereocenters. The maximum Gasteiger partial charge on any atom is 0.260 e. The van der Waals surface area contributed by atoms with Gasteiger partial charge in [-0.1, -0.05) is 48.5 Å². The van der Waals surface area contributed by atoms with E-state index in [1.54, 1.807) is 48.5 Å². The van der Waals surface area contributed by atoms with E-state index in [0.717, 1.165) is 43.5 Å². The van der Waals surface area contributed by atoms with Gasteiger partial charge in [0.1, 0.15) is 17.5 Å². The number of Topliss-reactive ketones (excluding diaryl/α,β-unsaturated/α-hetero) is 1. The third-order valence-electron chi connectivity index (χ3n) is 8.97. The molecule has 45 heavy (non-hydrogen) atoms. The zero-order chi connectivity index (χ0) is 32.1. The van der Waals surface area contributed by atoms with E-state index in [1.165, 1.54) is 6.92 Å². The number of anilines is 2. The van der Waals surface area contributed by atoms with Gasteiger partial charge in [0.25, 0.3) is 5.91 Å². The zero-order valence-corrected chi connectivity index (χ0v) is 26.0. The molecule has 0 spiro atoms. The lowest BCUT2D eigenvalue weighted by molar-refractivity contribution is -0.151. The maximum atomic E-state index is 14.0. The van der Waals surface area contributed by atoms with Crippen LogP contribution in [0.5, 0.6) is 5.75 Å². The number of carbonyl (C=O) groups excluding carboxylic acids is 4. The Kier molecular flexibility index (Phi) is 9.68. The first-order chi connectivity index (χ1) is 21.5. The fourth-order valence-corrected chi connectivity index (χ4v) is 6.51. The highest BCUT2D eigenvalue weighted by Crippen LogP contribution is 2.47. The van der Waals surface area contributed by atoms with Crippen LogP contribution < -0.4 is 15.4 Å². The number of hydrogen-bond donors (Lipinski definition) is 3. The van der Waals surface area contributed by atoms with E-state index in [2.05, 4.69) is 10.6 Å². The molecule has 1 aliphatic carbocycles. The minimum atomic E-state index is -1.73. The summed E-state index contributed by atoms with van der Waals surface area (Å²) >= 11 is 0. The van der Waals surface area contributed by atoms with Crippen LogP contribution in [0.2, 0.25) is 0 Å². The van der Waals surface area contributed by atoms with E-state index in [1.807, 2.05) is 43.0 Å². The smallest absolute Gasteiger partial charge is 0.260 e. The van der Waals surface area contributed by atoms with Gasteiger partial charge >= 0.3 is 0 Å². The van der Waals surface area contributed by atoms with Crippen LogP contribution in [0.25, 0.3) is 0 Å². The Hall–Kier alpha value is -4.50. The van der Waals surface area contributed by atoms with E-state index < -0.39 is 41.0 Å². The van der Waals surface area contributed by atoms with E-state index >= 15 is 0 Å². The molecule has 0 aromatic heterocycles. The van der Waals surface area contributed by atoms with Gasteiger partial charge in [-0.15, -0.1) is 0 Å². The fourth-order valence-electron chi connectivity index (χ4n) is 6.51. The van der Waals surface area contributed by atoms with Crippen LogP contribution in [0.3, 0.4) is 0 Å². The van der Waals surface area contributed by atoms with Gasteiger partial charge in [0, 0.05) is 36.8 Å². The molecule has 236 valence electrons. The number of likely N-dealkylation sites (tertiary alicyclic amines) is 1. The first-order valence-electron chi connectivity index (χ1n) is 15.5. The Morgan fingerprint density at radius 2 is 1.40 bits per heavy atom. The Morgan fingerprint density at radius 3 is 1.98 bits per heavy atom. The van der Waals surface area contributed by atoms with Gasteiger partial charge in [0.2, 0.25) is 11.8 Å². The summed E-state index contributed by atoms with van der Waals surface area (Å²) in [6.45, 7) is 6.55. The predicted octanol–water partition coefficient (Wildman–Crippen LogP) is 5.01. The predicted molar refractivity (Wildman–Crippen MR) is 172 cm³/mol. The monoisotopic (exact) mass is 611 g/mol. The van der Waals surface area contributed by atoms with Crippen LogP contribution in [-0.2, 0) is 19.2 Å². The van der Waals surface area contributed by atoms with Crippen LogP contribution in [0, 0.1) is 25.7 Å². The molecule has 0 radical (unpaired) electrons. The summed E-state index contributed by atoms with van der Waals surface area (Å²) in [6.07, 6.45) is 2.74. The maximum absolute atomic E-state index is 14.0. The largest absolute Gasteiger partial charge is 0.484 e. The Labute approximate surface area is 264 Å². The van der Waals surface area contributed by atoms with Crippen LogP contribution in [-0.4, -0.2) is 58.8 Å². The molecule has 9 heteroatoms. The number of ether oxygens (including phenoxy) is 1. The first-order valence-corrected chi connectivity index (χ1v) is 15.5. The Morgan fingerprint density at radius 1 is 0.844 bits per heavy atom. The molecule has 2 fully saturated rings. The number of aryl methyl sites for hydroxylation is 2. The van der Waals surface area contributed by atoms with Gasteiger partial charge < -0.3 is 25.4 Å². The van der Waals surface area contributed by atoms with Crippen LogP contribution in [0.15, 0.2) is 72.8 Å². The SMILES string of the molecule is Cc1ccccc1NC(=O)C1C(=O)CC(C)(O)C(C(=O)Nc2ccccc2C)C1c1ccc(OCC(=O)N2CCCCC2)cc1. The average Bonchev–Trinajstić information content (AvgIpc) is 3.02. The number of carbonyl (C=O) groups is 4. The van der Waals surface area contributed by atoms with Crippen molar-refractivity contribution in [2.75, 3.05) is 30.3 Å². The lowest BCUT2D eigenvalue weighted by atomic mass is 9.61. The number of aliphatic hydroxyl groups is 1. The standard InChI is InChI=1S/C36H41N3O6/c1-23-11-5-7-13-27(23)37-34(42)32-29(40)21-36(3,44)33(35(43)38-28-14-8-6-12-24(28)2)31(32)25-15-17-26(18-16-25)45-22-30(41)39-19-9-4-10-20-39/h5-8,11-18,31-33,44H,4,9-10,19-22H2,1-3H3,(H,37,42)(H,38,43). The van der Waals surface area contributed by atoms with Gasteiger partial charge in [-0.3, -0.25) is 19.2 Å². The molecular weight excluding hydrogens is 570 g/mol. The van der Waals surface area contributed by atoms with Crippen molar-refractivity contribution in [1.29, 1.82) is 0 Å². The summed E-state index contributed by atoms with van der Waals surface area (Å²) in [5, 5.41) is 17.5. The molecule has 3 amide bonds. The summed E-state index contributed by atoms with van der Waals surface area (Å²) < 4.78 is 5.79. The third-order valence-corrected chi connectivity index (χ3v) is 8.97. The van der Waals surface area contributed by atoms with E-state index in [4.69, 9.17) is 4.74 Å². The van der Waals surface area contributed by atoms with Gasteiger partial charge in [0.05, 0.1) is 11.5 Å². The second-order valence-corrected chi connectivity index (χ2v) is 12.4. The highest BCUT2D eigenvalue weighted by Gasteiger charge is 2.56. The van der Waals surface area contributed by atoms with Gasteiger partial charge in [-0.25, -0.2) is 0 Å². The van der Waals surface area contributed by atoms with Crippen molar-refractivity contribution in [3.63, 3.8) is 0 Å². The molecule has 5 rings (SSSR count). The quantitative estimate of drug-likeness (QED) is 0.308. The van der Waals surface area contributed by atoms with Crippen LogP contribution in [0.1, 0.15) is 55.2 Å². The van der Waals surface area contributed by atoms with Crippen molar-refractivity contribution >= 4 is 34.9 Å². The Balaban J connectivity index is 1.46. The number of hydrogen-bond acceptors (Lipinski definition) is 6. The molecule has 9 nitrogen and oxygen atoms in total. The molecule has 0 bridgehead atoms. The van der Waals surface area contributed by atoms with Crippen molar-refractivity contribution < 1.29 is 29.0 Å². The van der Waals surface area contributed by atoms with Crippen molar-refractivity contribution in [1.82, 2.24) is 4.90 Å². The fraction of sp³-hybridized carbons (Fsp3) is 0.389. The van der Waals surface area contributed by atoms with Gasteiger partial charge in [0.15, 0.2) is 6.61 Å². The number of piperidine rings is 1. The molecule has 3 N–H and O–H groups in total. The number of amides is 3. The van der Waals surface area contributed by atoms with Crippen molar-refractivity contribution in [2.24, 2.45) is 11.8 Å². The highest BCUT2D eigenvalue weighted by atomic mass is 16.5. The molecule has 4 atom stereocenters. The summed E-state index contributed by atoms with van der Waals surface area (Å²) in [7, 11) is 0. The van der Waals surface area contributed by atoms with E-state index in [-0.39, 0.29) is 18.9 Å². The first kappa shape index (κ1) is 31.9. The number of nitrogens with zero attached hydrogens (tertiary/aromatic N) is 1. The zero-order valence-electron chi connectivity index (χ0n) is 26.0. The second kappa shape index (κ2) is 13.6. The number of nitrogens with one attached hydrogen (secondary N) is 2. The summed E-state index contributed by atoms with van der Waals surface area (Å²) in [5.74, 6) is -4.50. The molecule has 1 saturated carbocycles. The van der Waals surface area contributed by atoms with Crippen molar-refractivity contribution in [2.45, 2.75) is 58.0 Å². The number of para-hydroxylation sites is 2. The molecule has 1 aliphatic heterocycles. The highest BCUT2D eigenvalue weighted by molar-refractivity contribution is 6.10. The summed E-state index contributed by atoms with van der Waals surface area (Å²) in [5.41, 5.74) is 1.60. The number of benzene rings is 3. The normalized spacial score (nSPS) is 23.2. The lowest BCUT2D eigenvalue weighted by Crippen LogP contribution is -2.56. The van der Waals surface area contributed by atoms with Crippen molar-refractivity contribution in [3.8, 4) is 5.75 Å². The Bertz CT molecular complexity index is 1560. The second-order valence-electron chi connectivity index (χ2n) is 12.4. The average molecular weight is 612 g/mol.